The summed E-state index contributed by atoms with van der Waals surface area (Å²) in [6, 6.07) is 21.4. The first-order valence-corrected chi connectivity index (χ1v) is 8.53. The Hall–Kier alpha value is -3.91. The number of rotatable bonds is 4. The third-order valence-electron chi connectivity index (χ3n) is 4.38. The lowest BCUT2D eigenvalue weighted by Crippen LogP contribution is -2.11. The van der Waals surface area contributed by atoms with Crippen LogP contribution in [0, 0.1) is 11.3 Å². The fourth-order valence-corrected chi connectivity index (χ4v) is 3.08. The standard InChI is InChI=1S/C22H16N4O/c23-12-18-15-26(14-16-5-2-1-3-6-16)21-9-8-19(11-20(18)21)25-22(27)17-7-4-10-24-13-17/h1-11,13,15H,14H2,(H,25,27). The van der Waals surface area contributed by atoms with Crippen LogP contribution in [0.25, 0.3) is 10.9 Å². The largest absolute Gasteiger partial charge is 0.342 e. The number of nitriles is 1. The Labute approximate surface area is 156 Å². The quantitative estimate of drug-likeness (QED) is 0.598. The lowest BCUT2D eigenvalue weighted by molar-refractivity contribution is 0.102. The highest BCUT2D eigenvalue weighted by Gasteiger charge is 2.11. The van der Waals surface area contributed by atoms with Gasteiger partial charge in [-0.2, -0.15) is 5.26 Å². The molecule has 0 spiro atoms. The van der Waals surface area contributed by atoms with Crippen LogP contribution in [-0.4, -0.2) is 15.5 Å². The Balaban J connectivity index is 1.66. The van der Waals surface area contributed by atoms with Gasteiger partial charge in [-0.15, -0.1) is 0 Å². The Morgan fingerprint density at radius 2 is 1.96 bits per heavy atom. The van der Waals surface area contributed by atoms with E-state index in [-0.39, 0.29) is 5.91 Å². The lowest BCUT2D eigenvalue weighted by Gasteiger charge is -2.08. The number of pyridine rings is 1. The molecule has 4 aromatic rings. The molecule has 0 bridgehead atoms. The van der Waals surface area contributed by atoms with Gasteiger partial charge >= 0.3 is 0 Å². The molecule has 5 heteroatoms. The zero-order chi connectivity index (χ0) is 18.6. The highest BCUT2D eigenvalue weighted by molar-refractivity contribution is 6.05. The molecule has 1 amide bonds. The van der Waals surface area contributed by atoms with Gasteiger partial charge in [0.05, 0.1) is 11.1 Å². The van der Waals surface area contributed by atoms with E-state index < -0.39 is 0 Å². The highest BCUT2D eigenvalue weighted by atomic mass is 16.1. The summed E-state index contributed by atoms with van der Waals surface area (Å²) in [5.41, 5.74) is 3.83. The van der Waals surface area contributed by atoms with Crippen molar-refractivity contribution in [3.8, 4) is 6.07 Å². The third kappa shape index (κ3) is 3.42. The maximum Gasteiger partial charge on any atom is 0.257 e. The van der Waals surface area contributed by atoms with Gasteiger partial charge < -0.3 is 9.88 Å². The van der Waals surface area contributed by atoms with E-state index in [1.54, 1.807) is 18.3 Å². The summed E-state index contributed by atoms with van der Waals surface area (Å²) >= 11 is 0. The van der Waals surface area contributed by atoms with Crippen LogP contribution in [0.3, 0.4) is 0 Å². The van der Waals surface area contributed by atoms with Crippen LogP contribution in [0.1, 0.15) is 21.5 Å². The van der Waals surface area contributed by atoms with E-state index in [1.165, 1.54) is 6.20 Å². The topological polar surface area (TPSA) is 70.7 Å². The van der Waals surface area contributed by atoms with E-state index in [2.05, 4.69) is 33.1 Å². The normalized spacial score (nSPS) is 10.5. The van der Waals surface area contributed by atoms with Crippen molar-refractivity contribution in [1.82, 2.24) is 9.55 Å². The van der Waals surface area contributed by atoms with Crippen LogP contribution < -0.4 is 5.32 Å². The number of aromatic nitrogens is 2. The number of hydrogen-bond donors (Lipinski definition) is 1. The highest BCUT2D eigenvalue weighted by Crippen LogP contribution is 2.25. The minimum Gasteiger partial charge on any atom is -0.342 e. The number of benzene rings is 2. The molecule has 4 rings (SSSR count). The van der Waals surface area contributed by atoms with Gasteiger partial charge in [-0.05, 0) is 35.9 Å². The first-order valence-electron chi connectivity index (χ1n) is 8.53. The molecule has 27 heavy (non-hydrogen) atoms. The summed E-state index contributed by atoms with van der Waals surface area (Å²) in [7, 11) is 0. The van der Waals surface area contributed by atoms with Crippen molar-refractivity contribution in [1.29, 1.82) is 5.26 Å². The molecule has 1 N–H and O–H groups in total. The van der Waals surface area contributed by atoms with E-state index >= 15 is 0 Å². The molecule has 0 saturated heterocycles. The number of anilines is 1. The maximum absolute atomic E-state index is 12.3. The Kier molecular flexibility index (Phi) is 4.38. The number of hydrogen-bond acceptors (Lipinski definition) is 3. The minimum absolute atomic E-state index is 0.232. The summed E-state index contributed by atoms with van der Waals surface area (Å²) in [6.45, 7) is 0.681. The number of amides is 1. The second kappa shape index (κ2) is 7.14. The summed E-state index contributed by atoms with van der Waals surface area (Å²) < 4.78 is 2.05. The van der Waals surface area contributed by atoms with Crippen molar-refractivity contribution < 1.29 is 4.79 Å². The summed E-state index contributed by atoms with van der Waals surface area (Å²) in [6.07, 6.45) is 4.99. The molecule has 0 unspecified atom stereocenters. The molecule has 0 saturated carbocycles. The predicted molar refractivity (Wildman–Crippen MR) is 104 cm³/mol. The predicted octanol–water partition coefficient (Wildman–Crippen LogP) is 4.21. The first-order chi connectivity index (χ1) is 13.2. The Morgan fingerprint density at radius 3 is 2.70 bits per heavy atom. The van der Waals surface area contributed by atoms with Crippen molar-refractivity contribution >= 4 is 22.5 Å². The first kappa shape index (κ1) is 16.6. The monoisotopic (exact) mass is 352 g/mol. The van der Waals surface area contributed by atoms with E-state index in [1.807, 2.05) is 42.6 Å². The molecule has 2 aromatic heterocycles. The van der Waals surface area contributed by atoms with Crippen LogP contribution in [0.2, 0.25) is 0 Å². The molecular formula is C22H16N4O. The summed E-state index contributed by atoms with van der Waals surface area (Å²) in [5.74, 6) is -0.232. The average Bonchev–Trinajstić information content (AvgIpc) is 3.06. The fraction of sp³-hybridized carbons (Fsp3) is 0.0455. The molecule has 0 radical (unpaired) electrons. The van der Waals surface area contributed by atoms with Gasteiger partial charge in [-0.25, -0.2) is 0 Å². The average molecular weight is 352 g/mol. The molecule has 130 valence electrons. The van der Waals surface area contributed by atoms with Gasteiger partial charge in [-0.1, -0.05) is 30.3 Å². The van der Waals surface area contributed by atoms with Crippen LogP contribution in [-0.2, 0) is 6.54 Å². The van der Waals surface area contributed by atoms with Gasteiger partial charge in [0.2, 0.25) is 0 Å². The number of nitrogens with zero attached hydrogens (tertiary/aromatic N) is 3. The second-order valence-corrected chi connectivity index (χ2v) is 6.20. The minimum atomic E-state index is -0.232. The van der Waals surface area contributed by atoms with Gasteiger partial charge in [0.15, 0.2) is 0 Å². The van der Waals surface area contributed by atoms with Gasteiger partial charge in [-0.3, -0.25) is 9.78 Å². The Morgan fingerprint density at radius 1 is 1.11 bits per heavy atom. The van der Waals surface area contributed by atoms with Crippen molar-refractivity contribution in [2.24, 2.45) is 0 Å². The molecule has 5 nitrogen and oxygen atoms in total. The molecule has 0 atom stereocenters. The molecule has 0 aliphatic heterocycles. The zero-order valence-electron chi connectivity index (χ0n) is 14.5. The fourth-order valence-electron chi connectivity index (χ4n) is 3.08. The van der Waals surface area contributed by atoms with Crippen molar-refractivity contribution in [2.75, 3.05) is 5.32 Å². The van der Waals surface area contributed by atoms with Gasteiger partial charge in [0, 0.05) is 41.7 Å². The molecule has 0 aliphatic carbocycles. The van der Waals surface area contributed by atoms with E-state index in [0.717, 1.165) is 16.5 Å². The van der Waals surface area contributed by atoms with Crippen LogP contribution in [0.5, 0.6) is 0 Å². The van der Waals surface area contributed by atoms with Crippen LogP contribution in [0.15, 0.2) is 79.3 Å². The molecule has 2 heterocycles. The van der Waals surface area contributed by atoms with E-state index in [9.17, 15) is 10.1 Å². The zero-order valence-corrected chi connectivity index (χ0v) is 14.5. The van der Waals surface area contributed by atoms with E-state index in [0.29, 0.717) is 23.4 Å². The summed E-state index contributed by atoms with van der Waals surface area (Å²) in [4.78, 5) is 16.3. The van der Waals surface area contributed by atoms with Crippen molar-refractivity contribution in [3.63, 3.8) is 0 Å². The van der Waals surface area contributed by atoms with Crippen molar-refractivity contribution in [2.45, 2.75) is 6.54 Å². The molecule has 0 aliphatic rings. The smallest absolute Gasteiger partial charge is 0.257 e. The third-order valence-corrected chi connectivity index (χ3v) is 4.38. The van der Waals surface area contributed by atoms with E-state index in [4.69, 9.17) is 0 Å². The van der Waals surface area contributed by atoms with Gasteiger partial charge in [0.25, 0.3) is 5.91 Å². The van der Waals surface area contributed by atoms with Gasteiger partial charge in [0.1, 0.15) is 6.07 Å². The van der Waals surface area contributed by atoms with Crippen LogP contribution >= 0.6 is 0 Å². The number of fused-ring (bicyclic) bond motifs is 1. The lowest BCUT2D eigenvalue weighted by atomic mass is 10.1. The summed E-state index contributed by atoms with van der Waals surface area (Å²) in [5, 5.41) is 13.2. The van der Waals surface area contributed by atoms with Crippen molar-refractivity contribution in [3.05, 3.63) is 95.9 Å². The molecule has 2 aromatic carbocycles. The maximum atomic E-state index is 12.3. The number of carbonyl (C=O) groups excluding carboxylic acids is 1. The van der Waals surface area contributed by atoms with Crippen LogP contribution in [0.4, 0.5) is 5.69 Å². The Bertz CT molecular complexity index is 1140. The molecule has 0 fully saturated rings. The number of carbonyl (C=O) groups is 1. The number of nitrogens with one attached hydrogen (secondary N) is 1. The second-order valence-electron chi connectivity index (χ2n) is 6.20. The molecular weight excluding hydrogens is 336 g/mol. The SMILES string of the molecule is N#Cc1cn(Cc2ccccc2)c2ccc(NC(=O)c3cccnc3)cc12.